The fourth-order valence-corrected chi connectivity index (χ4v) is 2.06. The Kier molecular flexibility index (Phi) is 2.87. The van der Waals surface area contributed by atoms with E-state index in [0.717, 1.165) is 15.6 Å². The zero-order valence-corrected chi connectivity index (χ0v) is 9.88. The highest BCUT2D eigenvalue weighted by atomic mass is 79.9. The van der Waals surface area contributed by atoms with Crippen LogP contribution in [0.3, 0.4) is 0 Å². The first-order chi connectivity index (χ1) is 7.16. The van der Waals surface area contributed by atoms with Crippen LogP contribution in [0.2, 0.25) is 0 Å². The summed E-state index contributed by atoms with van der Waals surface area (Å²) in [6.07, 6.45) is 0. The van der Waals surface area contributed by atoms with E-state index in [1.54, 1.807) is 12.1 Å². The average molecular weight is 265 g/mol. The fraction of sp³-hybridized carbons (Fsp3) is 0.0769. The molecule has 0 N–H and O–H groups in total. The summed E-state index contributed by atoms with van der Waals surface area (Å²) >= 11 is 3.42. The lowest BCUT2D eigenvalue weighted by atomic mass is 10.0. The third kappa shape index (κ3) is 2.26. The smallest absolute Gasteiger partial charge is 0.123 e. The van der Waals surface area contributed by atoms with Crippen LogP contribution < -0.4 is 0 Å². The summed E-state index contributed by atoms with van der Waals surface area (Å²) in [7, 11) is 0. The first kappa shape index (κ1) is 10.4. The van der Waals surface area contributed by atoms with Crippen molar-refractivity contribution in [2.75, 3.05) is 0 Å². The first-order valence-electron chi connectivity index (χ1n) is 4.69. The Hall–Kier alpha value is -1.15. The van der Waals surface area contributed by atoms with Crippen molar-refractivity contribution >= 4 is 15.9 Å². The van der Waals surface area contributed by atoms with Crippen molar-refractivity contribution in [3.63, 3.8) is 0 Å². The normalized spacial score (nSPS) is 10.3. The highest BCUT2D eigenvalue weighted by Gasteiger charge is 2.02. The molecule has 0 nitrogen and oxygen atoms in total. The van der Waals surface area contributed by atoms with Gasteiger partial charge in [-0.3, -0.25) is 0 Å². The quantitative estimate of drug-likeness (QED) is 0.708. The van der Waals surface area contributed by atoms with E-state index in [1.165, 1.54) is 17.7 Å². The van der Waals surface area contributed by atoms with Crippen molar-refractivity contribution in [3.05, 3.63) is 58.3 Å². The van der Waals surface area contributed by atoms with Crippen molar-refractivity contribution < 1.29 is 4.39 Å². The molecule has 0 heterocycles. The largest absolute Gasteiger partial charge is 0.207 e. The molecule has 0 amide bonds. The average Bonchev–Trinajstić information content (AvgIpc) is 2.20. The molecule has 0 saturated carbocycles. The summed E-state index contributed by atoms with van der Waals surface area (Å²) in [5.41, 5.74) is 3.36. The molecule has 0 bridgehead atoms. The molecule has 0 aliphatic carbocycles. The van der Waals surface area contributed by atoms with Crippen molar-refractivity contribution in [1.82, 2.24) is 0 Å². The molecule has 76 valence electrons. The Morgan fingerprint density at radius 3 is 2.27 bits per heavy atom. The number of hydrogen-bond acceptors (Lipinski definition) is 0. The summed E-state index contributed by atoms with van der Waals surface area (Å²) < 4.78 is 13.8. The van der Waals surface area contributed by atoms with Crippen LogP contribution in [0.4, 0.5) is 4.39 Å². The van der Waals surface area contributed by atoms with E-state index in [1.807, 2.05) is 19.1 Å². The molecule has 2 rings (SSSR count). The first-order valence-corrected chi connectivity index (χ1v) is 5.48. The predicted molar refractivity (Wildman–Crippen MR) is 64.3 cm³/mol. The van der Waals surface area contributed by atoms with Crippen LogP contribution in [0, 0.1) is 12.7 Å². The van der Waals surface area contributed by atoms with Gasteiger partial charge < -0.3 is 0 Å². The van der Waals surface area contributed by atoms with Crippen LogP contribution in [0.1, 0.15) is 5.56 Å². The second-order valence-electron chi connectivity index (χ2n) is 3.47. The minimum absolute atomic E-state index is 0.200. The zero-order chi connectivity index (χ0) is 10.8. The molecule has 0 unspecified atom stereocenters. The third-order valence-corrected chi connectivity index (χ3v) is 2.84. The monoisotopic (exact) mass is 264 g/mol. The van der Waals surface area contributed by atoms with E-state index in [-0.39, 0.29) is 5.82 Å². The summed E-state index contributed by atoms with van der Waals surface area (Å²) in [6.45, 7) is 2.05. The van der Waals surface area contributed by atoms with Gasteiger partial charge >= 0.3 is 0 Å². The van der Waals surface area contributed by atoms with Crippen molar-refractivity contribution in [3.8, 4) is 11.1 Å². The Morgan fingerprint density at radius 1 is 1.00 bits per heavy atom. The molecule has 0 aliphatic heterocycles. The standard InChI is InChI=1S/C13H10BrF/c1-9-8-11(14)4-7-13(9)10-2-5-12(15)6-3-10/h2-8H,1H3. The van der Waals surface area contributed by atoms with Crippen LogP contribution in [-0.2, 0) is 0 Å². The van der Waals surface area contributed by atoms with Crippen LogP contribution in [0.15, 0.2) is 46.9 Å². The second-order valence-corrected chi connectivity index (χ2v) is 4.38. The van der Waals surface area contributed by atoms with E-state index in [4.69, 9.17) is 0 Å². The number of hydrogen-bond donors (Lipinski definition) is 0. The lowest BCUT2D eigenvalue weighted by molar-refractivity contribution is 0.628. The molecule has 0 radical (unpaired) electrons. The van der Waals surface area contributed by atoms with Crippen molar-refractivity contribution in [1.29, 1.82) is 0 Å². The van der Waals surface area contributed by atoms with Gasteiger partial charge in [0.05, 0.1) is 0 Å². The number of rotatable bonds is 1. The topological polar surface area (TPSA) is 0 Å². The summed E-state index contributed by atoms with van der Waals surface area (Å²) in [6, 6.07) is 12.6. The Bertz CT molecular complexity index is 474. The molecule has 0 aliphatic rings. The Balaban J connectivity index is 2.49. The maximum Gasteiger partial charge on any atom is 0.123 e. The summed E-state index contributed by atoms with van der Waals surface area (Å²) in [4.78, 5) is 0. The maximum absolute atomic E-state index is 12.8. The van der Waals surface area contributed by atoms with Gasteiger partial charge in [0.2, 0.25) is 0 Å². The van der Waals surface area contributed by atoms with Gasteiger partial charge in [0.1, 0.15) is 5.82 Å². The highest BCUT2D eigenvalue weighted by Crippen LogP contribution is 2.26. The van der Waals surface area contributed by atoms with Gasteiger partial charge in [-0.15, -0.1) is 0 Å². The van der Waals surface area contributed by atoms with Gasteiger partial charge in [-0.1, -0.05) is 34.1 Å². The van der Waals surface area contributed by atoms with Gasteiger partial charge in [0.15, 0.2) is 0 Å². The van der Waals surface area contributed by atoms with Gasteiger partial charge in [0, 0.05) is 4.47 Å². The molecular weight excluding hydrogens is 255 g/mol. The molecule has 0 saturated heterocycles. The van der Waals surface area contributed by atoms with Crippen LogP contribution in [0.25, 0.3) is 11.1 Å². The SMILES string of the molecule is Cc1cc(Br)ccc1-c1ccc(F)cc1. The van der Waals surface area contributed by atoms with Crippen molar-refractivity contribution in [2.24, 2.45) is 0 Å². The van der Waals surface area contributed by atoms with Gasteiger partial charge in [-0.25, -0.2) is 4.39 Å². The van der Waals surface area contributed by atoms with E-state index >= 15 is 0 Å². The lowest BCUT2D eigenvalue weighted by Crippen LogP contribution is -1.83. The molecule has 2 aromatic rings. The molecule has 15 heavy (non-hydrogen) atoms. The molecule has 2 aromatic carbocycles. The molecule has 2 heteroatoms. The predicted octanol–water partition coefficient (Wildman–Crippen LogP) is 4.56. The summed E-state index contributed by atoms with van der Waals surface area (Å²) in [5, 5.41) is 0. The molecule has 0 fully saturated rings. The number of halogens is 2. The van der Waals surface area contributed by atoms with E-state index < -0.39 is 0 Å². The van der Waals surface area contributed by atoms with Crippen molar-refractivity contribution in [2.45, 2.75) is 6.92 Å². The molecule has 0 aromatic heterocycles. The van der Waals surface area contributed by atoms with E-state index in [2.05, 4.69) is 22.0 Å². The van der Waals surface area contributed by atoms with Gasteiger partial charge in [-0.05, 0) is 47.9 Å². The highest BCUT2D eigenvalue weighted by molar-refractivity contribution is 9.10. The maximum atomic E-state index is 12.8. The van der Waals surface area contributed by atoms with Gasteiger partial charge in [-0.2, -0.15) is 0 Å². The summed E-state index contributed by atoms with van der Waals surface area (Å²) in [5.74, 6) is -0.200. The molecule has 0 atom stereocenters. The molecular formula is C13H10BrF. The minimum atomic E-state index is -0.200. The molecule has 0 spiro atoms. The van der Waals surface area contributed by atoms with Crippen LogP contribution in [-0.4, -0.2) is 0 Å². The van der Waals surface area contributed by atoms with Crippen LogP contribution in [0.5, 0.6) is 0 Å². The zero-order valence-electron chi connectivity index (χ0n) is 8.30. The second kappa shape index (κ2) is 4.15. The number of aryl methyl sites for hydroxylation is 1. The van der Waals surface area contributed by atoms with E-state index in [9.17, 15) is 4.39 Å². The van der Waals surface area contributed by atoms with Gasteiger partial charge in [0.25, 0.3) is 0 Å². The van der Waals surface area contributed by atoms with Crippen LogP contribution >= 0.6 is 15.9 Å². The number of benzene rings is 2. The Labute approximate surface area is 96.9 Å². The third-order valence-electron chi connectivity index (χ3n) is 2.34. The fourth-order valence-electron chi connectivity index (χ4n) is 1.58. The van der Waals surface area contributed by atoms with E-state index in [0.29, 0.717) is 0 Å². The Morgan fingerprint density at radius 2 is 1.67 bits per heavy atom. The minimum Gasteiger partial charge on any atom is -0.207 e. The lowest BCUT2D eigenvalue weighted by Gasteiger charge is -2.06.